The lowest BCUT2D eigenvalue weighted by molar-refractivity contribution is -0.127. The number of rotatable bonds is 7. The number of aliphatic hydroxyl groups is 1. The predicted octanol–water partition coefficient (Wildman–Crippen LogP) is 2.72. The molecule has 150 valence electrons. The van der Waals surface area contributed by atoms with E-state index in [0.717, 1.165) is 23.6 Å². The van der Waals surface area contributed by atoms with Crippen molar-refractivity contribution in [2.75, 3.05) is 19.6 Å². The summed E-state index contributed by atoms with van der Waals surface area (Å²) in [5.41, 5.74) is 6.81. The van der Waals surface area contributed by atoms with E-state index in [1.807, 2.05) is 24.3 Å². The molecule has 5 atom stereocenters. The van der Waals surface area contributed by atoms with E-state index in [2.05, 4.69) is 17.1 Å². The quantitative estimate of drug-likeness (QED) is 0.665. The maximum atomic E-state index is 12.0. The normalized spacial score (nSPS) is 28.3. The second kappa shape index (κ2) is 9.37. The van der Waals surface area contributed by atoms with Crippen LogP contribution in [0, 0.1) is 11.8 Å². The summed E-state index contributed by atoms with van der Waals surface area (Å²) in [5, 5.41) is 14.6. The Morgan fingerprint density at radius 3 is 2.63 bits per heavy atom. The van der Waals surface area contributed by atoms with E-state index < -0.39 is 6.10 Å². The Morgan fingerprint density at radius 2 is 1.96 bits per heavy atom. The molecule has 1 aliphatic carbocycles. The summed E-state index contributed by atoms with van der Waals surface area (Å²) in [6.07, 6.45) is 5.29. The zero-order valence-corrected chi connectivity index (χ0v) is 16.9. The molecule has 1 saturated carbocycles. The molecular weight excluding hydrogens is 362 g/mol. The van der Waals surface area contributed by atoms with Crippen LogP contribution in [0.2, 0.25) is 5.02 Å². The minimum atomic E-state index is -0.540. The number of halogens is 1. The van der Waals surface area contributed by atoms with Crippen LogP contribution in [-0.2, 0) is 4.79 Å². The van der Waals surface area contributed by atoms with Crippen LogP contribution in [0.15, 0.2) is 24.3 Å². The molecule has 3 rings (SSSR count). The van der Waals surface area contributed by atoms with Crippen molar-refractivity contribution in [3.05, 3.63) is 34.9 Å². The van der Waals surface area contributed by atoms with Crippen molar-refractivity contribution in [3.8, 4) is 0 Å². The Hall–Kier alpha value is -1.14. The van der Waals surface area contributed by atoms with Gasteiger partial charge in [-0.15, -0.1) is 0 Å². The van der Waals surface area contributed by atoms with Crippen LogP contribution in [0.3, 0.4) is 0 Å². The Balaban J connectivity index is 1.52. The topological polar surface area (TPSA) is 78.6 Å². The number of benzene rings is 1. The lowest BCUT2D eigenvalue weighted by Gasteiger charge is -2.45. The van der Waals surface area contributed by atoms with Crippen LogP contribution in [-0.4, -0.2) is 47.7 Å². The summed E-state index contributed by atoms with van der Waals surface area (Å²) >= 11 is 5.94. The van der Waals surface area contributed by atoms with Gasteiger partial charge in [0.05, 0.1) is 12.1 Å². The van der Waals surface area contributed by atoms with Gasteiger partial charge in [0.15, 0.2) is 0 Å². The minimum Gasteiger partial charge on any atom is -0.390 e. The van der Waals surface area contributed by atoms with Crippen LogP contribution in [0.1, 0.15) is 50.6 Å². The zero-order valence-electron chi connectivity index (χ0n) is 16.1. The number of hydrogen-bond donors (Lipinski definition) is 3. The highest BCUT2D eigenvalue weighted by molar-refractivity contribution is 6.30. The number of amides is 1. The zero-order chi connectivity index (χ0) is 19.4. The average molecular weight is 394 g/mol. The Morgan fingerprint density at radius 1 is 1.30 bits per heavy atom. The third-order valence-electron chi connectivity index (χ3n) is 6.31. The van der Waals surface area contributed by atoms with E-state index in [1.165, 1.54) is 25.7 Å². The molecule has 1 heterocycles. The molecule has 0 spiro atoms. The van der Waals surface area contributed by atoms with Gasteiger partial charge in [-0.1, -0.05) is 43.0 Å². The largest absolute Gasteiger partial charge is 0.390 e. The van der Waals surface area contributed by atoms with E-state index in [9.17, 15) is 9.90 Å². The molecule has 4 N–H and O–H groups in total. The molecule has 1 aromatic rings. The summed E-state index contributed by atoms with van der Waals surface area (Å²) < 4.78 is 0. The molecule has 0 bridgehead atoms. The van der Waals surface area contributed by atoms with E-state index >= 15 is 0 Å². The van der Waals surface area contributed by atoms with Crippen LogP contribution < -0.4 is 11.1 Å². The van der Waals surface area contributed by atoms with Gasteiger partial charge < -0.3 is 16.2 Å². The highest BCUT2D eigenvalue weighted by Crippen LogP contribution is 2.38. The summed E-state index contributed by atoms with van der Waals surface area (Å²) in [6, 6.07) is 7.60. The van der Waals surface area contributed by atoms with Gasteiger partial charge in [0.25, 0.3) is 0 Å². The molecule has 1 amide bonds. The van der Waals surface area contributed by atoms with Gasteiger partial charge in [-0.2, -0.15) is 0 Å². The smallest absolute Gasteiger partial charge is 0.234 e. The van der Waals surface area contributed by atoms with Gasteiger partial charge in [-0.05, 0) is 49.3 Å². The second-order valence-corrected chi connectivity index (χ2v) is 8.68. The second-order valence-electron chi connectivity index (χ2n) is 8.25. The number of fused-ring (bicyclic) bond motifs is 1. The number of carbonyl (C=O) groups excluding carboxylic acids is 1. The molecule has 4 unspecified atom stereocenters. The Labute approximate surface area is 167 Å². The highest BCUT2D eigenvalue weighted by Gasteiger charge is 2.39. The van der Waals surface area contributed by atoms with Gasteiger partial charge in [-0.25, -0.2) is 0 Å². The van der Waals surface area contributed by atoms with Crippen LogP contribution in [0.5, 0.6) is 0 Å². The van der Waals surface area contributed by atoms with Gasteiger partial charge in [0.2, 0.25) is 5.91 Å². The first-order chi connectivity index (χ1) is 12.9. The molecule has 2 fully saturated rings. The van der Waals surface area contributed by atoms with Gasteiger partial charge in [0.1, 0.15) is 0 Å². The van der Waals surface area contributed by atoms with Gasteiger partial charge in [-0.3, -0.25) is 9.69 Å². The molecule has 1 aliphatic heterocycles. The first-order valence-electron chi connectivity index (χ1n) is 10.1. The van der Waals surface area contributed by atoms with Crippen molar-refractivity contribution in [1.82, 2.24) is 10.2 Å². The number of β-amino-alcohol motifs (C(OH)–C–C–N with tert-alkyl or cyclic N) is 1. The third kappa shape index (κ3) is 5.44. The number of likely N-dealkylation sites (tertiary alicyclic amines) is 1. The summed E-state index contributed by atoms with van der Waals surface area (Å²) in [6.45, 7) is 3.90. The number of hydrogen-bond acceptors (Lipinski definition) is 4. The van der Waals surface area contributed by atoms with E-state index in [-0.39, 0.29) is 18.0 Å². The molecule has 0 radical (unpaired) electrons. The van der Waals surface area contributed by atoms with Crippen LogP contribution in [0.25, 0.3) is 0 Å². The SMILES string of the molecule is C[C@H](NCC(O)CN1CC2CCCCC2CC1C(N)=O)c1ccc(Cl)cc1. The minimum absolute atomic E-state index is 0.118. The van der Waals surface area contributed by atoms with Crippen molar-refractivity contribution < 1.29 is 9.90 Å². The number of primary amides is 1. The van der Waals surface area contributed by atoms with Crippen molar-refractivity contribution >= 4 is 17.5 Å². The molecule has 1 saturated heterocycles. The molecule has 0 aromatic heterocycles. The van der Waals surface area contributed by atoms with Crippen molar-refractivity contribution in [2.45, 2.75) is 57.2 Å². The number of piperidine rings is 1. The first kappa shape index (κ1) is 20.6. The number of nitrogens with one attached hydrogen (secondary N) is 1. The van der Waals surface area contributed by atoms with Crippen molar-refractivity contribution in [2.24, 2.45) is 17.6 Å². The number of nitrogens with two attached hydrogens (primary N) is 1. The average Bonchev–Trinajstić information content (AvgIpc) is 2.66. The molecule has 5 nitrogen and oxygen atoms in total. The predicted molar refractivity (Wildman–Crippen MR) is 108 cm³/mol. The Bertz CT molecular complexity index is 624. The molecular formula is C21H32ClN3O2. The molecule has 1 aromatic carbocycles. The fraction of sp³-hybridized carbons (Fsp3) is 0.667. The standard InChI is InChI=1S/C21H32ClN3O2/c1-14(15-6-8-18(22)9-7-15)24-11-19(26)13-25-12-17-5-3-2-4-16(17)10-20(25)21(23)27/h6-9,14,16-17,19-20,24,26H,2-5,10-13H2,1H3,(H2,23,27)/t14-,16?,17?,19?,20?/m0/s1. The van der Waals surface area contributed by atoms with Crippen molar-refractivity contribution in [1.29, 1.82) is 0 Å². The summed E-state index contributed by atoms with van der Waals surface area (Å²) in [7, 11) is 0. The maximum absolute atomic E-state index is 12.0. The fourth-order valence-electron chi connectivity index (χ4n) is 4.71. The maximum Gasteiger partial charge on any atom is 0.234 e. The van der Waals surface area contributed by atoms with Crippen molar-refractivity contribution in [3.63, 3.8) is 0 Å². The monoisotopic (exact) mass is 393 g/mol. The highest BCUT2D eigenvalue weighted by atomic mass is 35.5. The summed E-state index contributed by atoms with van der Waals surface area (Å²) in [4.78, 5) is 14.1. The van der Waals surface area contributed by atoms with E-state index in [0.29, 0.717) is 24.9 Å². The van der Waals surface area contributed by atoms with Gasteiger partial charge >= 0.3 is 0 Å². The first-order valence-corrected chi connectivity index (χ1v) is 10.5. The third-order valence-corrected chi connectivity index (χ3v) is 6.56. The molecule has 2 aliphatic rings. The van der Waals surface area contributed by atoms with E-state index in [1.54, 1.807) is 0 Å². The summed E-state index contributed by atoms with van der Waals surface area (Å²) in [5.74, 6) is 1.00. The lowest BCUT2D eigenvalue weighted by Crippen LogP contribution is -2.56. The Kier molecular flexibility index (Phi) is 7.15. The number of aliphatic hydroxyl groups excluding tert-OH is 1. The van der Waals surface area contributed by atoms with Gasteiger partial charge in [0, 0.05) is 30.7 Å². The fourth-order valence-corrected chi connectivity index (χ4v) is 4.84. The van der Waals surface area contributed by atoms with Crippen LogP contribution >= 0.6 is 11.6 Å². The van der Waals surface area contributed by atoms with E-state index in [4.69, 9.17) is 17.3 Å². The van der Waals surface area contributed by atoms with Crippen LogP contribution in [0.4, 0.5) is 0 Å². The lowest BCUT2D eigenvalue weighted by atomic mass is 9.72. The molecule has 6 heteroatoms. The number of carbonyl (C=O) groups is 1. The molecule has 27 heavy (non-hydrogen) atoms. The number of nitrogens with zero attached hydrogens (tertiary/aromatic N) is 1.